The van der Waals surface area contributed by atoms with Crippen molar-refractivity contribution in [3.8, 4) is 11.5 Å². The average Bonchev–Trinajstić information content (AvgIpc) is 3.23. The third-order valence-corrected chi connectivity index (χ3v) is 6.25. The first-order valence-electron chi connectivity index (χ1n) is 10.7. The number of likely N-dealkylation sites (tertiary alicyclic amines) is 1. The number of rotatable bonds is 7. The summed E-state index contributed by atoms with van der Waals surface area (Å²) in [6.07, 6.45) is 4.59. The highest BCUT2D eigenvalue weighted by Crippen LogP contribution is 2.36. The average molecular weight is 530 g/mol. The van der Waals surface area contributed by atoms with Gasteiger partial charge in [0.05, 0.1) is 31.1 Å². The number of hydrogen-bond donors (Lipinski definition) is 2. The van der Waals surface area contributed by atoms with Gasteiger partial charge in [0.25, 0.3) is 5.91 Å². The molecule has 10 heteroatoms. The number of amides is 1. The van der Waals surface area contributed by atoms with E-state index in [1.807, 2.05) is 30.1 Å². The second-order valence-corrected chi connectivity index (χ2v) is 8.84. The van der Waals surface area contributed by atoms with Crippen molar-refractivity contribution >= 4 is 49.9 Å². The highest BCUT2D eigenvalue weighted by Gasteiger charge is 2.22. The Kier molecular flexibility index (Phi) is 7.28. The highest BCUT2D eigenvalue weighted by molar-refractivity contribution is 9.10. The van der Waals surface area contributed by atoms with Gasteiger partial charge in [-0.2, -0.15) is 0 Å². The van der Waals surface area contributed by atoms with E-state index in [1.54, 1.807) is 19.2 Å². The van der Waals surface area contributed by atoms with Crippen LogP contribution >= 0.6 is 15.9 Å². The molecule has 1 atom stereocenters. The Hall–Kier alpha value is -3.24. The van der Waals surface area contributed by atoms with Gasteiger partial charge in [-0.1, -0.05) is 15.9 Å². The van der Waals surface area contributed by atoms with Crippen molar-refractivity contribution < 1.29 is 18.7 Å². The van der Waals surface area contributed by atoms with E-state index in [0.29, 0.717) is 39.6 Å². The monoisotopic (exact) mass is 529 g/mol. The number of halogens is 2. The number of fused-ring (bicyclic) bond motifs is 1. The van der Waals surface area contributed by atoms with Crippen LogP contribution in [0.25, 0.3) is 10.9 Å². The number of hydrogen-bond acceptors (Lipinski definition) is 7. The molecule has 1 unspecified atom stereocenters. The Morgan fingerprint density at radius 3 is 2.68 bits per heavy atom. The first-order chi connectivity index (χ1) is 16.4. The summed E-state index contributed by atoms with van der Waals surface area (Å²) < 4.78 is 26.4. The summed E-state index contributed by atoms with van der Waals surface area (Å²) in [7, 11) is 4.97. The van der Waals surface area contributed by atoms with Crippen LogP contribution in [-0.4, -0.2) is 54.6 Å². The molecule has 2 heterocycles. The molecule has 178 valence electrons. The van der Waals surface area contributed by atoms with Crippen molar-refractivity contribution in [3.63, 3.8) is 0 Å². The van der Waals surface area contributed by atoms with Gasteiger partial charge in [-0.05, 0) is 56.8 Å². The van der Waals surface area contributed by atoms with Gasteiger partial charge in [-0.15, -0.1) is 0 Å². The molecular weight excluding hydrogens is 505 g/mol. The second-order valence-electron chi connectivity index (χ2n) is 7.92. The summed E-state index contributed by atoms with van der Waals surface area (Å²) in [4.78, 5) is 23.3. The molecule has 34 heavy (non-hydrogen) atoms. The molecule has 3 aromatic rings. The number of carbonyl (C=O) groups is 1. The van der Waals surface area contributed by atoms with Crippen LogP contribution in [0.15, 0.2) is 53.0 Å². The van der Waals surface area contributed by atoms with Crippen molar-refractivity contribution in [2.45, 2.75) is 18.9 Å². The van der Waals surface area contributed by atoms with Gasteiger partial charge in [0.2, 0.25) is 0 Å². The van der Waals surface area contributed by atoms with E-state index in [9.17, 15) is 9.18 Å². The first-order valence-corrected chi connectivity index (χ1v) is 11.5. The number of likely N-dealkylation sites (N-methyl/N-ethyl adjacent to an activating group) is 1. The predicted molar refractivity (Wildman–Crippen MR) is 134 cm³/mol. The van der Waals surface area contributed by atoms with Crippen molar-refractivity contribution in [1.29, 1.82) is 0 Å². The van der Waals surface area contributed by atoms with Crippen LogP contribution in [0.3, 0.4) is 0 Å². The molecule has 0 radical (unpaired) electrons. The number of nitrogens with zero attached hydrogens (tertiary/aromatic N) is 3. The summed E-state index contributed by atoms with van der Waals surface area (Å²) in [5, 5.41) is 6.49. The van der Waals surface area contributed by atoms with Crippen molar-refractivity contribution in [3.05, 3.63) is 53.0 Å². The highest BCUT2D eigenvalue weighted by atomic mass is 79.9. The maximum Gasteiger partial charge on any atom is 0.284 e. The molecule has 8 nitrogen and oxygen atoms in total. The van der Waals surface area contributed by atoms with E-state index in [4.69, 9.17) is 9.47 Å². The summed E-state index contributed by atoms with van der Waals surface area (Å²) in [6.45, 7) is 0.882. The van der Waals surface area contributed by atoms with Crippen molar-refractivity contribution in [2.24, 2.45) is 0 Å². The number of carbonyl (C=O) groups excluding carboxylic acids is 1. The number of aromatic nitrogens is 2. The van der Waals surface area contributed by atoms with Crippen LogP contribution < -0.4 is 20.1 Å². The topological polar surface area (TPSA) is 88.6 Å². The van der Waals surface area contributed by atoms with Gasteiger partial charge in [0, 0.05) is 22.0 Å². The predicted octanol–water partition coefficient (Wildman–Crippen LogP) is 5.04. The molecule has 1 aromatic heterocycles. The number of methoxy groups -OCH3 is 2. The van der Waals surface area contributed by atoms with Crippen molar-refractivity contribution in [1.82, 2.24) is 14.9 Å². The van der Waals surface area contributed by atoms with Gasteiger partial charge >= 0.3 is 0 Å². The molecule has 0 saturated carbocycles. The van der Waals surface area contributed by atoms with E-state index in [-0.39, 0.29) is 6.04 Å². The molecule has 1 aliphatic heterocycles. The minimum atomic E-state index is -0.835. The summed E-state index contributed by atoms with van der Waals surface area (Å²) >= 11 is 3.46. The van der Waals surface area contributed by atoms with Crippen LogP contribution in [0.5, 0.6) is 11.5 Å². The molecule has 1 amide bonds. The van der Waals surface area contributed by atoms with Gasteiger partial charge in [-0.3, -0.25) is 9.69 Å². The number of benzene rings is 2. The third kappa shape index (κ3) is 5.13. The molecule has 1 fully saturated rings. The third-order valence-electron chi connectivity index (χ3n) is 5.75. The standard InChI is InChI=1S/C24H25BrFN5O3/c1-31-8-4-5-15(31)10-17(26)24(32)30-20-11-16-18(12-22(20)34-3)27-13-28-23(16)29-19-9-14(25)6-7-21(19)33-2/h6-7,9-13,15H,4-5,8H2,1-3H3,(H,30,32)(H,27,28,29). The lowest BCUT2D eigenvalue weighted by molar-refractivity contribution is -0.114. The van der Waals surface area contributed by atoms with Gasteiger partial charge in [-0.25, -0.2) is 14.4 Å². The summed E-state index contributed by atoms with van der Waals surface area (Å²) in [5.74, 6) is -0.194. The van der Waals surface area contributed by atoms with Gasteiger partial charge < -0.3 is 20.1 Å². The first kappa shape index (κ1) is 23.9. The molecule has 1 aliphatic rings. The molecular formula is C24H25BrFN5O3. The summed E-state index contributed by atoms with van der Waals surface area (Å²) in [6, 6.07) is 8.79. The lowest BCUT2D eigenvalue weighted by atomic mass is 10.1. The zero-order valence-corrected chi connectivity index (χ0v) is 20.6. The normalized spacial score (nSPS) is 16.5. The van der Waals surface area contributed by atoms with Crippen LogP contribution in [0, 0.1) is 0 Å². The Morgan fingerprint density at radius 1 is 1.18 bits per heavy atom. The van der Waals surface area contributed by atoms with Crippen LogP contribution in [0.2, 0.25) is 0 Å². The SMILES string of the molecule is COc1cc2ncnc(Nc3cc(Br)ccc3OC)c2cc1NC(=O)C(F)=CC1CCCN1C. The molecule has 1 saturated heterocycles. The maximum atomic E-state index is 14.7. The number of anilines is 3. The van der Waals surface area contributed by atoms with E-state index >= 15 is 0 Å². The lowest BCUT2D eigenvalue weighted by Gasteiger charge is -2.16. The van der Waals surface area contributed by atoms with E-state index in [1.165, 1.54) is 19.5 Å². The minimum Gasteiger partial charge on any atom is -0.495 e. The molecule has 2 N–H and O–H groups in total. The Labute approximate surface area is 205 Å². The Bertz CT molecular complexity index is 1250. The quantitative estimate of drug-likeness (QED) is 0.414. The zero-order valence-electron chi connectivity index (χ0n) is 19.1. The number of ether oxygens (including phenoxy) is 2. The van der Waals surface area contributed by atoms with Gasteiger partial charge in [0.1, 0.15) is 23.6 Å². The fraction of sp³-hybridized carbons (Fsp3) is 0.292. The van der Waals surface area contributed by atoms with Gasteiger partial charge in [0.15, 0.2) is 5.83 Å². The van der Waals surface area contributed by atoms with E-state index in [2.05, 4.69) is 36.5 Å². The number of nitrogens with one attached hydrogen (secondary N) is 2. The fourth-order valence-electron chi connectivity index (χ4n) is 3.93. The maximum absolute atomic E-state index is 14.7. The van der Waals surface area contributed by atoms with E-state index in [0.717, 1.165) is 23.9 Å². The minimum absolute atomic E-state index is 0.0892. The molecule has 2 aromatic carbocycles. The Morgan fingerprint density at radius 2 is 1.97 bits per heavy atom. The summed E-state index contributed by atoms with van der Waals surface area (Å²) in [5.41, 5.74) is 1.58. The Balaban J connectivity index is 1.67. The zero-order chi connectivity index (χ0) is 24.2. The van der Waals surface area contributed by atoms with Crippen molar-refractivity contribution in [2.75, 3.05) is 38.4 Å². The fourth-order valence-corrected chi connectivity index (χ4v) is 4.29. The lowest BCUT2D eigenvalue weighted by Crippen LogP contribution is -2.24. The van der Waals surface area contributed by atoms with Crippen LogP contribution in [0.1, 0.15) is 12.8 Å². The molecule has 0 spiro atoms. The molecule has 4 rings (SSSR count). The van der Waals surface area contributed by atoms with Crippen LogP contribution in [-0.2, 0) is 4.79 Å². The smallest absolute Gasteiger partial charge is 0.284 e. The molecule has 0 aliphatic carbocycles. The van der Waals surface area contributed by atoms with Crippen LogP contribution in [0.4, 0.5) is 21.6 Å². The largest absolute Gasteiger partial charge is 0.495 e. The molecule has 0 bridgehead atoms. The van der Waals surface area contributed by atoms with E-state index < -0.39 is 11.7 Å². The second kappa shape index (κ2) is 10.4.